The predicted octanol–water partition coefficient (Wildman–Crippen LogP) is 1.87. The van der Waals surface area contributed by atoms with E-state index in [0.717, 1.165) is 37.6 Å². The van der Waals surface area contributed by atoms with Crippen molar-refractivity contribution in [1.82, 2.24) is 19.9 Å². The second-order valence-electron chi connectivity index (χ2n) is 5.31. The summed E-state index contributed by atoms with van der Waals surface area (Å²) in [6.45, 7) is 4.57. The van der Waals surface area contributed by atoms with E-state index in [2.05, 4.69) is 24.8 Å². The second kappa shape index (κ2) is 6.47. The maximum atomic E-state index is 5.71. The van der Waals surface area contributed by atoms with Crippen molar-refractivity contribution in [2.75, 3.05) is 24.6 Å². The Bertz CT molecular complexity index is 577. The molecule has 0 radical (unpaired) electrons. The van der Waals surface area contributed by atoms with Crippen molar-refractivity contribution < 1.29 is 4.74 Å². The van der Waals surface area contributed by atoms with E-state index in [-0.39, 0.29) is 0 Å². The number of hydrogen-bond acceptors (Lipinski definition) is 6. The van der Waals surface area contributed by atoms with Crippen LogP contribution in [0.4, 0.5) is 5.95 Å². The molecule has 1 aliphatic rings. The lowest BCUT2D eigenvalue weighted by molar-refractivity contribution is 0.220. The number of hydrogen-bond donors (Lipinski definition) is 0. The van der Waals surface area contributed by atoms with E-state index in [1.165, 1.54) is 0 Å². The summed E-state index contributed by atoms with van der Waals surface area (Å²) in [5.74, 6) is 1.87. The molecule has 1 unspecified atom stereocenters. The van der Waals surface area contributed by atoms with Gasteiger partial charge >= 0.3 is 0 Å². The summed E-state index contributed by atoms with van der Waals surface area (Å²) < 4.78 is 5.71. The summed E-state index contributed by atoms with van der Waals surface area (Å²) in [7, 11) is 0. The predicted molar refractivity (Wildman–Crippen MR) is 79.2 cm³/mol. The van der Waals surface area contributed by atoms with Gasteiger partial charge in [0, 0.05) is 43.3 Å². The summed E-state index contributed by atoms with van der Waals surface area (Å²) in [5, 5.41) is 0. The Morgan fingerprint density at radius 2 is 2.24 bits per heavy atom. The van der Waals surface area contributed by atoms with Gasteiger partial charge in [-0.25, -0.2) is 15.0 Å². The third kappa shape index (κ3) is 3.65. The van der Waals surface area contributed by atoms with Crippen LogP contribution >= 0.6 is 0 Å². The van der Waals surface area contributed by atoms with Crippen LogP contribution in [0.2, 0.25) is 0 Å². The molecule has 0 aliphatic carbocycles. The molecule has 2 aromatic heterocycles. The molecule has 0 spiro atoms. The molecule has 0 amide bonds. The molecule has 110 valence electrons. The van der Waals surface area contributed by atoms with E-state index in [1.54, 1.807) is 18.6 Å². The number of aromatic nitrogens is 4. The SMILES string of the molecule is Cc1ccnc(N2CCCC(COc3cnccn3)C2)n1. The van der Waals surface area contributed by atoms with Crippen molar-refractivity contribution in [3.8, 4) is 5.88 Å². The van der Waals surface area contributed by atoms with Crippen molar-refractivity contribution in [3.63, 3.8) is 0 Å². The molecule has 1 saturated heterocycles. The van der Waals surface area contributed by atoms with E-state index in [0.29, 0.717) is 18.4 Å². The zero-order valence-corrected chi connectivity index (χ0v) is 12.1. The van der Waals surface area contributed by atoms with Gasteiger partial charge in [-0.2, -0.15) is 0 Å². The van der Waals surface area contributed by atoms with E-state index in [9.17, 15) is 0 Å². The van der Waals surface area contributed by atoms with E-state index in [4.69, 9.17) is 4.74 Å². The maximum absolute atomic E-state index is 5.71. The van der Waals surface area contributed by atoms with Gasteiger partial charge in [0.15, 0.2) is 0 Å². The largest absolute Gasteiger partial charge is 0.476 e. The summed E-state index contributed by atoms with van der Waals surface area (Å²) in [6.07, 6.45) is 9.03. The molecule has 0 saturated carbocycles. The minimum atomic E-state index is 0.463. The minimum Gasteiger partial charge on any atom is -0.476 e. The first-order valence-corrected chi connectivity index (χ1v) is 7.24. The van der Waals surface area contributed by atoms with E-state index in [1.807, 2.05) is 19.2 Å². The van der Waals surface area contributed by atoms with E-state index >= 15 is 0 Å². The lowest BCUT2D eigenvalue weighted by atomic mass is 9.99. The Morgan fingerprint density at radius 1 is 1.29 bits per heavy atom. The first kappa shape index (κ1) is 13.7. The highest BCUT2D eigenvalue weighted by molar-refractivity contribution is 5.30. The van der Waals surface area contributed by atoms with Crippen molar-refractivity contribution in [2.45, 2.75) is 19.8 Å². The van der Waals surface area contributed by atoms with Gasteiger partial charge < -0.3 is 9.64 Å². The molecular weight excluding hydrogens is 266 g/mol. The second-order valence-corrected chi connectivity index (χ2v) is 5.31. The van der Waals surface area contributed by atoms with Crippen LogP contribution in [0, 0.1) is 12.8 Å². The van der Waals surface area contributed by atoms with Gasteiger partial charge in [0.05, 0.1) is 12.8 Å². The molecule has 0 aromatic carbocycles. The fraction of sp³-hybridized carbons (Fsp3) is 0.467. The lowest BCUT2D eigenvalue weighted by Gasteiger charge is -2.32. The van der Waals surface area contributed by atoms with Crippen molar-refractivity contribution >= 4 is 5.95 Å². The van der Waals surface area contributed by atoms with Gasteiger partial charge in [-0.05, 0) is 25.8 Å². The fourth-order valence-electron chi connectivity index (χ4n) is 2.53. The van der Waals surface area contributed by atoms with Crippen LogP contribution in [-0.2, 0) is 0 Å². The first-order chi connectivity index (χ1) is 10.3. The standard InChI is InChI=1S/C15H19N5O/c1-12-4-5-18-15(19-12)20-8-2-3-13(10-20)11-21-14-9-16-6-7-17-14/h4-7,9,13H,2-3,8,10-11H2,1H3. The highest BCUT2D eigenvalue weighted by Crippen LogP contribution is 2.21. The molecule has 1 aliphatic heterocycles. The Hall–Kier alpha value is -2.24. The van der Waals surface area contributed by atoms with Crippen molar-refractivity contribution in [3.05, 3.63) is 36.5 Å². The third-order valence-electron chi connectivity index (χ3n) is 3.59. The number of aryl methyl sites for hydroxylation is 1. The molecule has 6 nitrogen and oxygen atoms in total. The van der Waals surface area contributed by atoms with Crippen LogP contribution in [0.15, 0.2) is 30.9 Å². The molecule has 0 bridgehead atoms. The van der Waals surface area contributed by atoms with Gasteiger partial charge in [-0.3, -0.25) is 4.98 Å². The Kier molecular flexibility index (Phi) is 4.23. The van der Waals surface area contributed by atoms with Crippen LogP contribution in [0.5, 0.6) is 5.88 Å². The van der Waals surface area contributed by atoms with Crippen LogP contribution < -0.4 is 9.64 Å². The molecule has 0 N–H and O–H groups in total. The summed E-state index contributed by atoms with van der Waals surface area (Å²) >= 11 is 0. The number of anilines is 1. The molecule has 3 heterocycles. The van der Waals surface area contributed by atoms with Gasteiger partial charge in [-0.1, -0.05) is 0 Å². The Morgan fingerprint density at radius 3 is 3.05 bits per heavy atom. The zero-order chi connectivity index (χ0) is 14.5. The quantitative estimate of drug-likeness (QED) is 0.854. The Balaban J connectivity index is 1.58. The van der Waals surface area contributed by atoms with Gasteiger partial charge in [-0.15, -0.1) is 0 Å². The average Bonchev–Trinajstić information content (AvgIpc) is 2.54. The number of piperidine rings is 1. The minimum absolute atomic E-state index is 0.463. The summed E-state index contributed by atoms with van der Waals surface area (Å²) in [6, 6.07) is 1.92. The van der Waals surface area contributed by atoms with Gasteiger partial charge in [0.1, 0.15) is 0 Å². The molecule has 1 fully saturated rings. The van der Waals surface area contributed by atoms with Crippen LogP contribution in [0.3, 0.4) is 0 Å². The van der Waals surface area contributed by atoms with E-state index < -0.39 is 0 Å². The molecule has 3 rings (SSSR count). The first-order valence-electron chi connectivity index (χ1n) is 7.24. The van der Waals surface area contributed by atoms with Crippen LogP contribution in [0.25, 0.3) is 0 Å². The molecule has 21 heavy (non-hydrogen) atoms. The molecule has 2 aromatic rings. The topological polar surface area (TPSA) is 64.0 Å². The lowest BCUT2D eigenvalue weighted by Crippen LogP contribution is -2.38. The van der Waals surface area contributed by atoms with Crippen LogP contribution in [0.1, 0.15) is 18.5 Å². The molecular formula is C15H19N5O. The molecule has 6 heteroatoms. The highest BCUT2D eigenvalue weighted by atomic mass is 16.5. The molecule has 1 atom stereocenters. The monoisotopic (exact) mass is 285 g/mol. The highest BCUT2D eigenvalue weighted by Gasteiger charge is 2.22. The zero-order valence-electron chi connectivity index (χ0n) is 12.1. The van der Waals surface area contributed by atoms with Gasteiger partial charge in [0.2, 0.25) is 11.8 Å². The number of nitrogens with zero attached hydrogens (tertiary/aromatic N) is 5. The summed E-state index contributed by atoms with van der Waals surface area (Å²) in [4.78, 5) is 19.2. The van der Waals surface area contributed by atoms with Crippen LogP contribution in [-0.4, -0.2) is 39.6 Å². The summed E-state index contributed by atoms with van der Waals surface area (Å²) in [5.41, 5.74) is 0.998. The van der Waals surface area contributed by atoms with Crippen molar-refractivity contribution in [1.29, 1.82) is 0 Å². The number of rotatable bonds is 4. The van der Waals surface area contributed by atoms with Gasteiger partial charge in [0.25, 0.3) is 0 Å². The third-order valence-corrected chi connectivity index (χ3v) is 3.59. The average molecular weight is 285 g/mol. The normalized spacial score (nSPS) is 18.5. The fourth-order valence-corrected chi connectivity index (χ4v) is 2.53. The smallest absolute Gasteiger partial charge is 0.232 e. The maximum Gasteiger partial charge on any atom is 0.232 e. The van der Waals surface area contributed by atoms with Crippen molar-refractivity contribution in [2.24, 2.45) is 5.92 Å². The Labute approximate surface area is 124 Å². The number of ether oxygens (including phenoxy) is 1.